The molecule has 0 saturated carbocycles. The number of nitrogens with zero attached hydrogens (tertiary/aromatic N) is 3. The Bertz CT molecular complexity index is 1290. The molecule has 6 nitrogen and oxygen atoms in total. The highest BCUT2D eigenvalue weighted by atomic mass is 32.2. The minimum absolute atomic E-state index is 0.157. The second-order valence-electron chi connectivity index (χ2n) is 7.06. The third kappa shape index (κ3) is 4.36. The third-order valence-corrected chi connectivity index (χ3v) is 6.24. The number of carbonyl (C=O) groups is 1. The van der Waals surface area contributed by atoms with E-state index in [2.05, 4.69) is 10.3 Å². The van der Waals surface area contributed by atoms with Gasteiger partial charge in [-0.15, -0.1) is 0 Å². The van der Waals surface area contributed by atoms with E-state index in [4.69, 9.17) is 4.98 Å². The maximum Gasteiger partial charge on any atom is 0.266 e. The van der Waals surface area contributed by atoms with E-state index in [1.807, 2.05) is 74.5 Å². The van der Waals surface area contributed by atoms with Crippen LogP contribution in [0.4, 0.5) is 5.82 Å². The van der Waals surface area contributed by atoms with Crippen molar-refractivity contribution < 1.29 is 4.79 Å². The second-order valence-corrected chi connectivity index (χ2v) is 8.23. The predicted molar refractivity (Wildman–Crippen MR) is 125 cm³/mol. The fourth-order valence-electron chi connectivity index (χ4n) is 3.26. The van der Waals surface area contributed by atoms with Crippen molar-refractivity contribution in [1.82, 2.24) is 14.5 Å². The molecular weight excluding hydrogens is 408 g/mol. The van der Waals surface area contributed by atoms with Crippen LogP contribution in [0.15, 0.2) is 82.9 Å². The number of benzene rings is 2. The molecule has 156 valence electrons. The zero-order valence-corrected chi connectivity index (χ0v) is 18.1. The van der Waals surface area contributed by atoms with Crippen molar-refractivity contribution in [2.24, 2.45) is 0 Å². The van der Waals surface area contributed by atoms with Crippen molar-refractivity contribution >= 4 is 34.4 Å². The molecule has 0 saturated heterocycles. The number of hydrogen-bond acceptors (Lipinski definition) is 5. The minimum atomic E-state index is -0.440. The number of pyridine rings is 1. The number of aromatic nitrogens is 3. The molecule has 4 rings (SSSR count). The summed E-state index contributed by atoms with van der Waals surface area (Å²) < 4.78 is 1.58. The van der Waals surface area contributed by atoms with Gasteiger partial charge in [0.15, 0.2) is 5.16 Å². The summed E-state index contributed by atoms with van der Waals surface area (Å²) >= 11 is 1.28. The summed E-state index contributed by atoms with van der Waals surface area (Å²) in [6, 6.07) is 20.4. The summed E-state index contributed by atoms with van der Waals surface area (Å²) in [6.07, 6.45) is 2.22. The number of amides is 1. The van der Waals surface area contributed by atoms with Crippen LogP contribution in [0.25, 0.3) is 16.6 Å². The molecule has 7 heteroatoms. The van der Waals surface area contributed by atoms with Gasteiger partial charge in [0, 0.05) is 6.20 Å². The van der Waals surface area contributed by atoms with Crippen molar-refractivity contribution in [2.75, 3.05) is 5.32 Å². The van der Waals surface area contributed by atoms with Crippen LogP contribution in [-0.4, -0.2) is 25.7 Å². The highest BCUT2D eigenvalue weighted by molar-refractivity contribution is 8.00. The highest BCUT2D eigenvalue weighted by Gasteiger charge is 2.23. The maximum absolute atomic E-state index is 13.3. The third-order valence-electron chi connectivity index (χ3n) is 4.92. The monoisotopic (exact) mass is 430 g/mol. The largest absolute Gasteiger partial charge is 0.310 e. The molecule has 0 aliphatic heterocycles. The molecule has 0 radical (unpaired) electrons. The molecule has 2 aromatic carbocycles. The summed E-state index contributed by atoms with van der Waals surface area (Å²) in [5.41, 5.74) is 2.05. The number of aryl methyl sites for hydroxylation is 1. The first kappa shape index (κ1) is 20.8. The van der Waals surface area contributed by atoms with Gasteiger partial charge in [-0.05, 0) is 49.2 Å². The van der Waals surface area contributed by atoms with Gasteiger partial charge in [0.2, 0.25) is 5.91 Å². The number of para-hydroxylation sites is 2. The minimum Gasteiger partial charge on any atom is -0.310 e. The Morgan fingerprint density at radius 3 is 2.55 bits per heavy atom. The van der Waals surface area contributed by atoms with E-state index >= 15 is 0 Å². The van der Waals surface area contributed by atoms with Crippen LogP contribution in [0.3, 0.4) is 0 Å². The molecule has 4 aromatic rings. The van der Waals surface area contributed by atoms with Gasteiger partial charge < -0.3 is 5.32 Å². The normalized spacial score (nSPS) is 11.9. The first-order chi connectivity index (χ1) is 15.1. The quantitative estimate of drug-likeness (QED) is 0.357. The lowest BCUT2D eigenvalue weighted by molar-refractivity contribution is -0.115. The standard InChI is InChI=1S/C24H22N4O2S/c1-3-20(22(29)27-21-16(2)10-9-15-25-21)31-24-26-19-14-8-7-13-18(19)23(30)28(24)17-11-5-4-6-12-17/h4-15,20H,3H2,1-2H3,(H,25,27,29). The number of fused-ring (bicyclic) bond motifs is 1. The lowest BCUT2D eigenvalue weighted by atomic mass is 10.2. The number of nitrogens with one attached hydrogen (secondary N) is 1. The van der Waals surface area contributed by atoms with Gasteiger partial charge in [-0.25, -0.2) is 9.97 Å². The summed E-state index contributed by atoms with van der Waals surface area (Å²) in [5.74, 6) is 0.370. The smallest absolute Gasteiger partial charge is 0.266 e. The van der Waals surface area contributed by atoms with Gasteiger partial charge in [0.25, 0.3) is 5.56 Å². The van der Waals surface area contributed by atoms with E-state index in [1.165, 1.54) is 11.8 Å². The van der Waals surface area contributed by atoms with Crippen molar-refractivity contribution in [3.63, 3.8) is 0 Å². The molecule has 2 aromatic heterocycles. The van der Waals surface area contributed by atoms with E-state index in [-0.39, 0.29) is 11.5 Å². The van der Waals surface area contributed by atoms with E-state index in [9.17, 15) is 9.59 Å². The molecule has 2 heterocycles. The van der Waals surface area contributed by atoms with Gasteiger partial charge in [-0.2, -0.15) is 0 Å². The Morgan fingerprint density at radius 1 is 1.06 bits per heavy atom. The van der Waals surface area contributed by atoms with E-state index in [0.717, 1.165) is 5.56 Å². The Hall–Kier alpha value is -3.45. The van der Waals surface area contributed by atoms with Crippen LogP contribution in [0, 0.1) is 6.92 Å². The summed E-state index contributed by atoms with van der Waals surface area (Å²) in [6.45, 7) is 3.84. The number of carbonyl (C=O) groups excluding carboxylic acids is 1. The zero-order chi connectivity index (χ0) is 21.8. The maximum atomic E-state index is 13.3. The lowest BCUT2D eigenvalue weighted by Gasteiger charge is -2.18. The van der Waals surface area contributed by atoms with E-state index in [1.54, 1.807) is 16.8 Å². The van der Waals surface area contributed by atoms with Crippen molar-refractivity contribution in [2.45, 2.75) is 30.7 Å². The van der Waals surface area contributed by atoms with Crippen molar-refractivity contribution in [3.8, 4) is 5.69 Å². The Kier molecular flexibility index (Phi) is 6.13. The molecule has 0 aliphatic carbocycles. The molecule has 0 aliphatic rings. The van der Waals surface area contributed by atoms with Crippen LogP contribution < -0.4 is 10.9 Å². The number of anilines is 1. The fourth-order valence-corrected chi connectivity index (χ4v) is 4.29. The predicted octanol–water partition coefficient (Wildman–Crippen LogP) is 4.60. The Balaban J connectivity index is 1.75. The number of hydrogen-bond donors (Lipinski definition) is 1. The topological polar surface area (TPSA) is 76.9 Å². The Labute approximate surface area is 184 Å². The summed E-state index contributed by atoms with van der Waals surface area (Å²) in [7, 11) is 0. The average molecular weight is 431 g/mol. The van der Waals surface area contributed by atoms with Gasteiger partial charge >= 0.3 is 0 Å². The van der Waals surface area contributed by atoms with Crippen LogP contribution in [0.1, 0.15) is 18.9 Å². The number of rotatable bonds is 6. The van der Waals surface area contributed by atoms with Gasteiger partial charge in [-0.3, -0.25) is 14.2 Å². The van der Waals surface area contributed by atoms with E-state index < -0.39 is 5.25 Å². The van der Waals surface area contributed by atoms with Gasteiger partial charge in [0.1, 0.15) is 5.82 Å². The van der Waals surface area contributed by atoms with Crippen LogP contribution in [0.2, 0.25) is 0 Å². The SMILES string of the molecule is CCC(Sc1nc2ccccc2c(=O)n1-c1ccccc1)C(=O)Nc1ncccc1C. The highest BCUT2D eigenvalue weighted by Crippen LogP contribution is 2.27. The van der Waals surface area contributed by atoms with Crippen LogP contribution >= 0.6 is 11.8 Å². The summed E-state index contributed by atoms with van der Waals surface area (Å²) in [5, 5.41) is 3.49. The molecule has 1 unspecified atom stereocenters. The molecule has 1 amide bonds. The molecule has 1 N–H and O–H groups in total. The molecule has 0 fully saturated rings. The van der Waals surface area contributed by atoms with Crippen molar-refractivity contribution in [1.29, 1.82) is 0 Å². The second kappa shape index (κ2) is 9.14. The molecule has 0 spiro atoms. The molecule has 0 bridgehead atoms. The average Bonchev–Trinajstić information content (AvgIpc) is 2.79. The molecular formula is C24H22N4O2S. The van der Waals surface area contributed by atoms with E-state index in [0.29, 0.717) is 34.0 Å². The Morgan fingerprint density at radius 2 is 1.81 bits per heavy atom. The van der Waals surface area contributed by atoms with Crippen molar-refractivity contribution in [3.05, 3.63) is 88.8 Å². The molecule has 1 atom stereocenters. The first-order valence-electron chi connectivity index (χ1n) is 10.0. The molecule has 31 heavy (non-hydrogen) atoms. The lowest BCUT2D eigenvalue weighted by Crippen LogP contribution is -2.28. The van der Waals surface area contributed by atoms with Gasteiger partial charge in [0.05, 0.1) is 21.8 Å². The summed E-state index contributed by atoms with van der Waals surface area (Å²) in [4.78, 5) is 35.3. The van der Waals surface area contributed by atoms with Gasteiger partial charge in [-0.1, -0.05) is 55.1 Å². The fraction of sp³-hybridized carbons (Fsp3) is 0.167. The first-order valence-corrected chi connectivity index (χ1v) is 10.9. The van der Waals surface area contributed by atoms with Crippen LogP contribution in [0.5, 0.6) is 0 Å². The number of thioether (sulfide) groups is 1. The van der Waals surface area contributed by atoms with Crippen LogP contribution in [-0.2, 0) is 4.79 Å². The zero-order valence-electron chi connectivity index (χ0n) is 17.3.